The highest BCUT2D eigenvalue weighted by Crippen LogP contribution is 2.27. The molecule has 1 fully saturated rings. The van der Waals surface area contributed by atoms with Gasteiger partial charge < -0.3 is 5.32 Å². The summed E-state index contributed by atoms with van der Waals surface area (Å²) in [6, 6.07) is 5.99. The number of nitro groups is 1. The van der Waals surface area contributed by atoms with Crippen LogP contribution >= 0.6 is 11.6 Å². The van der Waals surface area contributed by atoms with Crippen LogP contribution < -0.4 is 5.32 Å². The highest BCUT2D eigenvalue weighted by atomic mass is 35.5. The Hall–Kier alpha value is -1.62. The summed E-state index contributed by atoms with van der Waals surface area (Å²) in [5.41, 5.74) is -0.0435. The van der Waals surface area contributed by atoms with E-state index in [1.807, 2.05) is 0 Å². The van der Waals surface area contributed by atoms with Crippen molar-refractivity contribution in [3.63, 3.8) is 0 Å². The quantitative estimate of drug-likeness (QED) is 0.527. The average Bonchev–Trinajstić information content (AvgIpc) is 2.46. The molecule has 0 radical (unpaired) electrons. The van der Waals surface area contributed by atoms with E-state index >= 15 is 0 Å². The smallest absolute Gasteiger partial charge is 0.282 e. The van der Waals surface area contributed by atoms with E-state index in [2.05, 4.69) is 5.32 Å². The molecular formula is C14H17ClN2O3. The van der Waals surface area contributed by atoms with Crippen molar-refractivity contribution >= 4 is 23.2 Å². The van der Waals surface area contributed by atoms with Gasteiger partial charge in [-0.05, 0) is 37.7 Å². The third-order valence-electron chi connectivity index (χ3n) is 3.67. The van der Waals surface area contributed by atoms with Crippen molar-refractivity contribution in [3.8, 4) is 0 Å². The number of halogens is 1. The van der Waals surface area contributed by atoms with E-state index < -0.39 is 4.92 Å². The van der Waals surface area contributed by atoms with Crippen molar-refractivity contribution in [2.24, 2.45) is 5.92 Å². The van der Waals surface area contributed by atoms with Crippen LogP contribution in [-0.4, -0.2) is 22.8 Å². The van der Waals surface area contributed by atoms with Gasteiger partial charge in [-0.15, -0.1) is 11.6 Å². The zero-order valence-corrected chi connectivity index (χ0v) is 11.8. The van der Waals surface area contributed by atoms with Crippen molar-refractivity contribution in [3.05, 3.63) is 39.9 Å². The van der Waals surface area contributed by atoms with E-state index in [0.717, 1.165) is 25.7 Å². The molecule has 0 aliphatic heterocycles. The van der Waals surface area contributed by atoms with Gasteiger partial charge in [0.2, 0.25) is 0 Å². The molecule has 0 aromatic heterocycles. The molecule has 1 saturated carbocycles. The Balaban J connectivity index is 1.94. The summed E-state index contributed by atoms with van der Waals surface area (Å²) in [4.78, 5) is 22.4. The maximum atomic E-state index is 12.0. The Bertz CT molecular complexity index is 499. The number of para-hydroxylation sites is 1. The molecule has 6 heteroatoms. The molecule has 1 aliphatic carbocycles. The Labute approximate surface area is 122 Å². The van der Waals surface area contributed by atoms with Crippen LogP contribution in [0.25, 0.3) is 0 Å². The lowest BCUT2D eigenvalue weighted by Crippen LogP contribution is -2.31. The minimum atomic E-state index is -0.534. The van der Waals surface area contributed by atoms with Crippen molar-refractivity contribution in [2.75, 3.05) is 6.54 Å². The molecular weight excluding hydrogens is 280 g/mol. The van der Waals surface area contributed by atoms with Crippen LogP contribution in [0.3, 0.4) is 0 Å². The lowest BCUT2D eigenvalue weighted by atomic mass is 9.89. The molecule has 2 rings (SSSR count). The van der Waals surface area contributed by atoms with Crippen LogP contribution in [0.5, 0.6) is 0 Å². The fraction of sp³-hybridized carbons (Fsp3) is 0.500. The first-order valence-corrected chi connectivity index (χ1v) is 7.17. The summed E-state index contributed by atoms with van der Waals surface area (Å²) in [7, 11) is 0. The number of carbonyl (C=O) groups is 1. The summed E-state index contributed by atoms with van der Waals surface area (Å²) in [6.45, 7) is 0.550. The van der Waals surface area contributed by atoms with Gasteiger partial charge in [0.05, 0.1) is 4.92 Å². The molecule has 0 saturated heterocycles. The standard InChI is InChI=1S/C14H17ClN2O3/c15-11-7-5-10(6-8-11)9-16-14(18)12-3-1-2-4-13(12)17(19)20/h1-4,10-11H,5-9H2,(H,16,18). The largest absolute Gasteiger partial charge is 0.352 e. The summed E-state index contributed by atoms with van der Waals surface area (Å²) >= 11 is 6.03. The van der Waals surface area contributed by atoms with Crippen LogP contribution in [0.15, 0.2) is 24.3 Å². The molecule has 20 heavy (non-hydrogen) atoms. The van der Waals surface area contributed by atoms with Gasteiger partial charge in [-0.2, -0.15) is 0 Å². The predicted octanol–water partition coefficient (Wildman–Crippen LogP) is 3.12. The Morgan fingerprint density at radius 3 is 2.60 bits per heavy atom. The maximum Gasteiger partial charge on any atom is 0.282 e. The van der Waals surface area contributed by atoms with E-state index in [1.54, 1.807) is 12.1 Å². The van der Waals surface area contributed by atoms with Gasteiger partial charge in [0.15, 0.2) is 0 Å². The summed E-state index contributed by atoms with van der Waals surface area (Å²) in [5, 5.41) is 13.9. The second kappa shape index (κ2) is 6.70. The molecule has 1 aromatic rings. The van der Waals surface area contributed by atoms with Gasteiger partial charge in [0.1, 0.15) is 5.56 Å². The predicted molar refractivity (Wildman–Crippen MR) is 77.0 cm³/mol. The fourth-order valence-corrected chi connectivity index (χ4v) is 2.73. The summed E-state index contributed by atoms with van der Waals surface area (Å²) < 4.78 is 0. The first kappa shape index (κ1) is 14.8. The maximum absolute atomic E-state index is 12.0. The Morgan fingerprint density at radius 1 is 1.30 bits per heavy atom. The first-order chi connectivity index (χ1) is 9.58. The third kappa shape index (κ3) is 3.70. The van der Waals surface area contributed by atoms with Crippen LogP contribution in [-0.2, 0) is 0 Å². The molecule has 1 aromatic carbocycles. The highest BCUT2D eigenvalue weighted by molar-refractivity contribution is 6.20. The summed E-state index contributed by atoms with van der Waals surface area (Å²) in [5.74, 6) is 0.0296. The zero-order chi connectivity index (χ0) is 14.5. The molecule has 0 bridgehead atoms. The monoisotopic (exact) mass is 296 g/mol. The molecule has 0 atom stereocenters. The van der Waals surface area contributed by atoms with Gasteiger partial charge in [0.25, 0.3) is 11.6 Å². The van der Waals surface area contributed by atoms with E-state index in [9.17, 15) is 14.9 Å². The molecule has 5 nitrogen and oxygen atoms in total. The third-order valence-corrected chi connectivity index (χ3v) is 4.11. The van der Waals surface area contributed by atoms with Gasteiger partial charge >= 0.3 is 0 Å². The molecule has 1 amide bonds. The summed E-state index contributed by atoms with van der Waals surface area (Å²) in [6.07, 6.45) is 3.91. The number of rotatable bonds is 4. The van der Waals surface area contributed by atoms with Crippen molar-refractivity contribution < 1.29 is 9.72 Å². The minimum Gasteiger partial charge on any atom is -0.352 e. The normalized spacial score (nSPS) is 22.2. The van der Waals surface area contributed by atoms with Crippen LogP contribution in [0.2, 0.25) is 0 Å². The zero-order valence-electron chi connectivity index (χ0n) is 11.0. The first-order valence-electron chi connectivity index (χ1n) is 6.73. The minimum absolute atomic E-state index is 0.114. The van der Waals surface area contributed by atoms with Gasteiger partial charge in [-0.1, -0.05) is 12.1 Å². The van der Waals surface area contributed by atoms with E-state index in [1.165, 1.54) is 12.1 Å². The van der Waals surface area contributed by atoms with Crippen molar-refractivity contribution in [1.29, 1.82) is 0 Å². The van der Waals surface area contributed by atoms with Gasteiger partial charge in [-0.25, -0.2) is 0 Å². The highest BCUT2D eigenvalue weighted by Gasteiger charge is 2.22. The number of nitrogens with zero attached hydrogens (tertiary/aromatic N) is 1. The lowest BCUT2D eigenvalue weighted by Gasteiger charge is -2.25. The SMILES string of the molecule is O=C(NCC1CCC(Cl)CC1)c1ccccc1[N+](=O)[O-]. The number of nitro benzene ring substituents is 1. The van der Waals surface area contributed by atoms with Gasteiger partial charge in [-0.3, -0.25) is 14.9 Å². The Morgan fingerprint density at radius 2 is 1.95 bits per heavy atom. The van der Waals surface area contributed by atoms with Crippen molar-refractivity contribution in [2.45, 2.75) is 31.1 Å². The molecule has 0 heterocycles. The second-order valence-electron chi connectivity index (χ2n) is 5.10. The van der Waals surface area contributed by atoms with Crippen LogP contribution in [0.1, 0.15) is 36.0 Å². The molecule has 1 N–H and O–H groups in total. The van der Waals surface area contributed by atoms with E-state index in [4.69, 9.17) is 11.6 Å². The van der Waals surface area contributed by atoms with Crippen LogP contribution in [0.4, 0.5) is 5.69 Å². The molecule has 1 aliphatic rings. The second-order valence-corrected chi connectivity index (χ2v) is 5.72. The number of nitrogens with one attached hydrogen (secondary N) is 1. The number of hydrogen-bond acceptors (Lipinski definition) is 3. The average molecular weight is 297 g/mol. The fourth-order valence-electron chi connectivity index (χ4n) is 2.48. The number of amides is 1. The Kier molecular flexibility index (Phi) is 4.95. The number of alkyl halides is 1. The van der Waals surface area contributed by atoms with Crippen molar-refractivity contribution in [1.82, 2.24) is 5.32 Å². The molecule has 108 valence electrons. The number of benzene rings is 1. The van der Waals surface area contributed by atoms with Gasteiger partial charge in [0, 0.05) is 18.0 Å². The molecule has 0 unspecified atom stereocenters. The van der Waals surface area contributed by atoms with Crippen LogP contribution in [0, 0.1) is 16.0 Å². The number of hydrogen-bond donors (Lipinski definition) is 1. The molecule has 0 spiro atoms. The number of carbonyl (C=O) groups excluding carboxylic acids is 1. The van der Waals surface area contributed by atoms with E-state index in [0.29, 0.717) is 12.5 Å². The topological polar surface area (TPSA) is 72.2 Å². The lowest BCUT2D eigenvalue weighted by molar-refractivity contribution is -0.385. The van der Waals surface area contributed by atoms with E-state index in [-0.39, 0.29) is 22.5 Å².